The van der Waals surface area contributed by atoms with Crippen molar-refractivity contribution in [2.75, 3.05) is 24.4 Å². The first-order valence-corrected chi connectivity index (χ1v) is 13.4. The number of aliphatic hydroxyl groups is 1. The highest BCUT2D eigenvalue weighted by Gasteiger charge is 2.46. The molecule has 0 unspecified atom stereocenters. The number of fused-ring (bicyclic) bond motifs is 3. The van der Waals surface area contributed by atoms with E-state index in [1.807, 2.05) is 24.3 Å². The first-order chi connectivity index (χ1) is 20.1. The van der Waals surface area contributed by atoms with Crippen LogP contribution < -0.4 is 25.4 Å². The number of ether oxygens (including phenoxy) is 3. The minimum atomic E-state index is -4.47. The molecule has 0 bridgehead atoms. The molecule has 0 aliphatic carbocycles. The van der Waals surface area contributed by atoms with Gasteiger partial charge in [-0.2, -0.15) is 13.2 Å². The minimum absolute atomic E-state index is 0.0810. The lowest BCUT2D eigenvalue weighted by Gasteiger charge is -2.37. The second kappa shape index (κ2) is 12.3. The molecule has 4 atom stereocenters. The summed E-state index contributed by atoms with van der Waals surface area (Å²) in [6.07, 6.45) is -5.52. The fourth-order valence-corrected chi connectivity index (χ4v) is 5.32. The second-order valence-corrected chi connectivity index (χ2v) is 10.1. The number of methoxy groups -OCH3 is 1. The van der Waals surface area contributed by atoms with Crippen molar-refractivity contribution < 1.29 is 42.1 Å². The van der Waals surface area contributed by atoms with Crippen LogP contribution in [-0.4, -0.2) is 49.1 Å². The Labute approximate surface area is 240 Å². The summed E-state index contributed by atoms with van der Waals surface area (Å²) in [5.74, 6) is 0.849. The number of urea groups is 1. The van der Waals surface area contributed by atoms with Crippen molar-refractivity contribution >= 4 is 23.3 Å². The number of anilines is 2. The lowest BCUT2D eigenvalue weighted by molar-refractivity contribution is -0.142. The van der Waals surface area contributed by atoms with Crippen molar-refractivity contribution in [3.8, 4) is 11.5 Å². The Morgan fingerprint density at radius 1 is 1.02 bits per heavy atom. The number of halogens is 3. The summed E-state index contributed by atoms with van der Waals surface area (Å²) in [5, 5.41) is 18.1. The fourth-order valence-electron chi connectivity index (χ4n) is 5.32. The van der Waals surface area contributed by atoms with Crippen molar-refractivity contribution in [1.29, 1.82) is 0 Å². The zero-order valence-electron chi connectivity index (χ0n) is 22.6. The Balaban J connectivity index is 1.22. The molecule has 2 aliphatic heterocycles. The van der Waals surface area contributed by atoms with Crippen LogP contribution in [-0.2, 0) is 22.3 Å². The molecule has 9 nitrogen and oxygen atoms in total. The third kappa shape index (κ3) is 6.60. The van der Waals surface area contributed by atoms with Gasteiger partial charge in [-0.25, -0.2) is 4.79 Å². The monoisotopic (exact) mass is 585 g/mol. The van der Waals surface area contributed by atoms with Crippen LogP contribution in [0.1, 0.15) is 35.4 Å². The van der Waals surface area contributed by atoms with E-state index >= 15 is 0 Å². The standard InChI is InChI=1S/C30H30F3N3O6/c1-40-24-5-3-2-4-17(24)15-34-27(38)14-21-13-23-22-12-20(10-11-25(22)42-28(23)26(16-37)41-21)36-29(39)35-19-8-6-18(7-9-19)30(31,32)33/h2-12,21,23,26,28,37H,13-16H2,1H3,(H,34,38)(H2,35,36,39)/t21-,23+,26+,28-/m0/s1. The van der Waals surface area contributed by atoms with Gasteiger partial charge in [-0.1, -0.05) is 18.2 Å². The van der Waals surface area contributed by atoms with Crippen LogP contribution in [0.25, 0.3) is 0 Å². The predicted molar refractivity (Wildman–Crippen MR) is 148 cm³/mol. The summed E-state index contributed by atoms with van der Waals surface area (Å²) in [7, 11) is 1.57. The molecule has 3 aromatic carbocycles. The number of rotatable bonds is 8. The van der Waals surface area contributed by atoms with Gasteiger partial charge >= 0.3 is 12.2 Å². The van der Waals surface area contributed by atoms with Crippen LogP contribution in [0.4, 0.5) is 29.3 Å². The predicted octanol–water partition coefficient (Wildman–Crippen LogP) is 5.06. The third-order valence-corrected chi connectivity index (χ3v) is 7.31. The van der Waals surface area contributed by atoms with E-state index < -0.39 is 36.1 Å². The molecule has 3 aromatic rings. The van der Waals surface area contributed by atoms with Crippen molar-refractivity contribution in [3.05, 3.63) is 83.4 Å². The number of para-hydroxylation sites is 1. The maximum atomic E-state index is 12.8. The molecule has 42 heavy (non-hydrogen) atoms. The van der Waals surface area contributed by atoms with Crippen LogP contribution in [0.3, 0.4) is 0 Å². The first-order valence-electron chi connectivity index (χ1n) is 13.4. The Morgan fingerprint density at radius 3 is 2.45 bits per heavy atom. The smallest absolute Gasteiger partial charge is 0.416 e. The summed E-state index contributed by atoms with van der Waals surface area (Å²) in [6.45, 7) is -0.00428. The molecule has 1 fully saturated rings. The minimum Gasteiger partial charge on any atom is -0.496 e. The molecule has 0 spiro atoms. The quantitative estimate of drug-likeness (QED) is 0.294. The average Bonchev–Trinajstić information content (AvgIpc) is 3.33. The summed E-state index contributed by atoms with van der Waals surface area (Å²) < 4.78 is 55.8. The highest BCUT2D eigenvalue weighted by Crippen LogP contribution is 2.47. The molecule has 0 saturated carbocycles. The van der Waals surface area contributed by atoms with Gasteiger partial charge in [0.15, 0.2) is 0 Å². The zero-order chi connectivity index (χ0) is 29.9. The van der Waals surface area contributed by atoms with Crippen LogP contribution in [0, 0.1) is 0 Å². The zero-order valence-corrected chi connectivity index (χ0v) is 22.6. The maximum Gasteiger partial charge on any atom is 0.416 e. The molecule has 222 valence electrons. The number of carbonyl (C=O) groups is 2. The molecule has 0 aromatic heterocycles. The van der Waals surface area contributed by atoms with E-state index in [9.17, 15) is 27.9 Å². The van der Waals surface area contributed by atoms with Crippen LogP contribution in [0.2, 0.25) is 0 Å². The van der Waals surface area contributed by atoms with E-state index in [2.05, 4.69) is 16.0 Å². The Kier molecular flexibility index (Phi) is 8.55. The summed E-state index contributed by atoms with van der Waals surface area (Å²) in [4.78, 5) is 25.3. The van der Waals surface area contributed by atoms with Gasteiger partial charge in [0.1, 0.15) is 23.7 Å². The molecular weight excluding hydrogens is 555 g/mol. The molecule has 1 saturated heterocycles. The van der Waals surface area contributed by atoms with Gasteiger partial charge in [0.25, 0.3) is 0 Å². The van der Waals surface area contributed by atoms with Gasteiger partial charge in [-0.05, 0) is 55.0 Å². The first kappa shape index (κ1) is 29.2. The lowest BCUT2D eigenvalue weighted by Crippen LogP contribution is -2.47. The van der Waals surface area contributed by atoms with E-state index in [0.29, 0.717) is 30.2 Å². The largest absolute Gasteiger partial charge is 0.496 e. The molecule has 4 N–H and O–H groups in total. The topological polar surface area (TPSA) is 118 Å². The second-order valence-electron chi connectivity index (χ2n) is 10.1. The lowest BCUT2D eigenvalue weighted by atomic mass is 9.84. The Bertz CT molecular complexity index is 1430. The van der Waals surface area contributed by atoms with Gasteiger partial charge in [-0.15, -0.1) is 0 Å². The molecule has 12 heteroatoms. The highest BCUT2D eigenvalue weighted by molar-refractivity contribution is 5.99. The van der Waals surface area contributed by atoms with E-state index in [4.69, 9.17) is 14.2 Å². The molecular formula is C30H30F3N3O6. The van der Waals surface area contributed by atoms with Gasteiger partial charge < -0.3 is 35.3 Å². The van der Waals surface area contributed by atoms with Crippen molar-refractivity contribution in [1.82, 2.24) is 5.32 Å². The molecule has 5 rings (SSSR count). The van der Waals surface area contributed by atoms with E-state index in [1.165, 1.54) is 12.1 Å². The van der Waals surface area contributed by atoms with Gasteiger partial charge in [-0.3, -0.25) is 4.79 Å². The Morgan fingerprint density at radius 2 is 1.74 bits per heavy atom. The number of carbonyl (C=O) groups excluding carboxylic acids is 2. The van der Waals surface area contributed by atoms with Crippen molar-refractivity contribution in [2.45, 2.75) is 49.8 Å². The van der Waals surface area contributed by atoms with E-state index in [1.54, 1.807) is 25.3 Å². The SMILES string of the molecule is COc1ccccc1CNC(=O)C[C@@H]1C[C@@H]2c3cc(NC(=O)Nc4ccc(C(F)(F)F)cc4)ccc3O[C@@H]2[C@@H](CO)O1. The van der Waals surface area contributed by atoms with Crippen molar-refractivity contribution in [3.63, 3.8) is 0 Å². The number of hydrogen-bond acceptors (Lipinski definition) is 6. The summed E-state index contributed by atoms with van der Waals surface area (Å²) in [5.41, 5.74) is 1.47. The van der Waals surface area contributed by atoms with Gasteiger partial charge in [0, 0.05) is 35.0 Å². The van der Waals surface area contributed by atoms with Crippen LogP contribution in [0.15, 0.2) is 66.7 Å². The number of benzene rings is 3. The summed E-state index contributed by atoms with van der Waals surface area (Å²) >= 11 is 0. The average molecular weight is 586 g/mol. The number of hydrogen-bond donors (Lipinski definition) is 4. The number of alkyl halides is 3. The normalized spacial score (nSPS) is 21.0. The van der Waals surface area contributed by atoms with Gasteiger partial charge in [0.05, 0.1) is 31.8 Å². The third-order valence-electron chi connectivity index (χ3n) is 7.31. The highest BCUT2D eigenvalue weighted by atomic mass is 19.4. The Hall–Kier alpha value is -4.29. The molecule has 0 radical (unpaired) electrons. The molecule has 3 amide bonds. The summed E-state index contributed by atoms with van der Waals surface area (Å²) in [6, 6.07) is 16.0. The van der Waals surface area contributed by atoms with Gasteiger partial charge in [0.2, 0.25) is 5.91 Å². The van der Waals surface area contributed by atoms with E-state index in [-0.39, 0.29) is 30.5 Å². The fraction of sp³-hybridized carbons (Fsp3) is 0.333. The van der Waals surface area contributed by atoms with Crippen LogP contribution in [0.5, 0.6) is 11.5 Å². The number of nitrogens with one attached hydrogen (secondary N) is 3. The molecule has 2 heterocycles. The number of amides is 3. The maximum absolute atomic E-state index is 12.8. The van der Waals surface area contributed by atoms with Crippen LogP contribution >= 0.6 is 0 Å². The molecule has 2 aliphatic rings. The number of aliphatic hydroxyl groups excluding tert-OH is 1. The van der Waals surface area contributed by atoms with Crippen molar-refractivity contribution in [2.24, 2.45) is 0 Å². The van der Waals surface area contributed by atoms with E-state index in [0.717, 1.165) is 23.3 Å².